The second kappa shape index (κ2) is 9.87. The Morgan fingerprint density at radius 2 is 2.13 bits per heavy atom. The molecule has 160 valence electrons. The van der Waals surface area contributed by atoms with Crippen molar-refractivity contribution in [2.75, 3.05) is 12.4 Å². The quantitative estimate of drug-likeness (QED) is 0.0673. The van der Waals surface area contributed by atoms with Gasteiger partial charge in [-0.1, -0.05) is 0 Å². The molecule has 1 fully saturated rings. The van der Waals surface area contributed by atoms with Gasteiger partial charge in [-0.3, -0.25) is 29.5 Å². The fourth-order valence-corrected chi connectivity index (χ4v) is 4.68. The molecule has 0 saturated carbocycles. The molecule has 3 heterocycles. The van der Waals surface area contributed by atoms with Crippen LogP contribution in [-0.4, -0.2) is 57.8 Å². The van der Waals surface area contributed by atoms with Crippen LogP contribution in [0.5, 0.6) is 0 Å². The van der Waals surface area contributed by atoms with Crippen LogP contribution in [0.4, 0.5) is 0 Å². The number of hydrazine groups is 1. The van der Waals surface area contributed by atoms with Gasteiger partial charge in [-0.2, -0.15) is 0 Å². The number of furan rings is 1. The number of carbonyl (C=O) groups is 5. The number of nitrogens with zero attached hydrogens (tertiary/aromatic N) is 1. The molecule has 12 nitrogen and oxygen atoms in total. The van der Waals surface area contributed by atoms with Crippen molar-refractivity contribution >= 4 is 41.4 Å². The monoisotopic (exact) mass is 460 g/mol. The molecule has 14 heteroatoms. The standard InChI is InChI=1S/C17H18N4O8S.Na/c1-8(22)29-6-9-7-30-16-17(14(26)20-18,15(27)21(16)12(9)13(24)25)19-11(23)5-10-3-2-4-28-10;/h2-4,16H,5-7,18H2,1H3,(H,19,23)(H,20,26)(H,24,25);/q;+1/p-1/t16-,17-;/m1./s1. The molecule has 3 amide bonds. The Morgan fingerprint density at radius 3 is 2.68 bits per heavy atom. The number of β-lactam (4-membered cyclic amide) rings is 1. The first-order chi connectivity index (χ1) is 14.2. The first-order valence-corrected chi connectivity index (χ1v) is 9.63. The average molecular weight is 460 g/mol. The molecule has 3 rings (SSSR count). The number of ether oxygens (including phenoxy) is 1. The SMILES string of the molecule is CC(=O)OCC1=C(C(=O)[O-])N2C(=O)[C@](NC(=O)Cc3ccco3)(C(=O)NN)[C@H]2SC1.[Na+]. The van der Waals surface area contributed by atoms with Crippen molar-refractivity contribution in [1.82, 2.24) is 15.6 Å². The maximum atomic E-state index is 13.0. The van der Waals surface area contributed by atoms with Crippen molar-refractivity contribution < 1.29 is 67.8 Å². The minimum atomic E-state index is -2.11. The van der Waals surface area contributed by atoms with Crippen molar-refractivity contribution in [3.63, 3.8) is 0 Å². The van der Waals surface area contributed by atoms with Crippen LogP contribution >= 0.6 is 11.8 Å². The van der Waals surface area contributed by atoms with Crippen LogP contribution in [-0.2, 0) is 35.1 Å². The molecule has 2 aliphatic heterocycles. The zero-order valence-corrected chi connectivity index (χ0v) is 19.4. The van der Waals surface area contributed by atoms with Crippen LogP contribution in [0.25, 0.3) is 0 Å². The predicted octanol–water partition coefficient (Wildman–Crippen LogP) is -5.85. The fraction of sp³-hybridized carbons (Fsp3) is 0.353. The molecule has 0 aromatic carbocycles. The number of aliphatic carboxylic acids is 1. The third kappa shape index (κ3) is 4.50. The van der Waals surface area contributed by atoms with Crippen LogP contribution in [0.3, 0.4) is 0 Å². The van der Waals surface area contributed by atoms with Gasteiger partial charge in [-0.05, 0) is 12.1 Å². The molecule has 0 unspecified atom stereocenters. The predicted molar refractivity (Wildman–Crippen MR) is 97.4 cm³/mol. The Bertz CT molecular complexity index is 950. The third-order valence-corrected chi connectivity index (χ3v) is 5.93. The maximum Gasteiger partial charge on any atom is 1.00 e. The summed E-state index contributed by atoms with van der Waals surface area (Å²) in [5, 5.41) is 13.0. The largest absolute Gasteiger partial charge is 1.00 e. The maximum absolute atomic E-state index is 13.0. The first kappa shape index (κ1) is 24.9. The molecule has 31 heavy (non-hydrogen) atoms. The van der Waals surface area contributed by atoms with Crippen LogP contribution in [0.1, 0.15) is 12.7 Å². The van der Waals surface area contributed by atoms with E-state index in [0.29, 0.717) is 5.76 Å². The van der Waals surface area contributed by atoms with Gasteiger partial charge in [0.2, 0.25) is 11.4 Å². The molecule has 4 N–H and O–H groups in total. The molecule has 1 saturated heterocycles. The zero-order valence-electron chi connectivity index (χ0n) is 16.6. The van der Waals surface area contributed by atoms with Gasteiger partial charge in [0.15, 0.2) is 0 Å². The van der Waals surface area contributed by atoms with Crippen molar-refractivity contribution in [3.8, 4) is 0 Å². The van der Waals surface area contributed by atoms with E-state index in [1.165, 1.54) is 12.3 Å². The Kier molecular flexibility index (Phi) is 7.94. The molecular weight excluding hydrogens is 443 g/mol. The number of hydrogen-bond donors (Lipinski definition) is 3. The number of carboxylic acid groups (broad SMARTS) is 1. The van der Waals surface area contributed by atoms with E-state index in [0.717, 1.165) is 23.6 Å². The van der Waals surface area contributed by atoms with Gasteiger partial charge in [0.1, 0.15) is 17.7 Å². The summed E-state index contributed by atoms with van der Waals surface area (Å²) in [4.78, 5) is 61.5. The molecule has 0 radical (unpaired) electrons. The van der Waals surface area contributed by atoms with Crippen LogP contribution in [0.2, 0.25) is 0 Å². The number of carbonyl (C=O) groups excluding carboxylic acids is 5. The summed E-state index contributed by atoms with van der Waals surface area (Å²) in [6.45, 7) is 0.793. The summed E-state index contributed by atoms with van der Waals surface area (Å²) < 4.78 is 9.91. The van der Waals surface area contributed by atoms with Crippen molar-refractivity contribution in [3.05, 3.63) is 35.4 Å². The second-order valence-corrected chi connectivity index (χ2v) is 7.51. The second-order valence-electron chi connectivity index (χ2n) is 6.44. The summed E-state index contributed by atoms with van der Waals surface area (Å²) in [6, 6.07) is 3.11. The van der Waals surface area contributed by atoms with Gasteiger partial charge in [0.05, 0.1) is 24.4 Å². The zero-order chi connectivity index (χ0) is 22.1. The number of esters is 1. The normalized spacial score (nSPS) is 21.9. The van der Waals surface area contributed by atoms with E-state index in [-0.39, 0.29) is 53.9 Å². The Hall–Kier alpha value is -2.32. The van der Waals surface area contributed by atoms with Gasteiger partial charge in [0, 0.05) is 18.2 Å². The van der Waals surface area contributed by atoms with Crippen LogP contribution < -0.4 is 51.2 Å². The van der Waals surface area contributed by atoms with Crippen molar-refractivity contribution in [2.45, 2.75) is 24.3 Å². The summed E-state index contributed by atoms with van der Waals surface area (Å²) in [5.41, 5.74) is -0.650. The number of nitrogens with two attached hydrogens (primary N) is 1. The number of nitrogens with one attached hydrogen (secondary N) is 2. The molecule has 2 atom stereocenters. The summed E-state index contributed by atoms with van der Waals surface area (Å²) in [6.07, 6.45) is 1.11. The van der Waals surface area contributed by atoms with Gasteiger partial charge in [-0.25, -0.2) is 5.84 Å². The topological polar surface area (TPSA) is 184 Å². The summed E-state index contributed by atoms with van der Waals surface area (Å²) >= 11 is 1.01. The number of fused-ring (bicyclic) bond motifs is 1. The minimum Gasteiger partial charge on any atom is -0.543 e. The van der Waals surface area contributed by atoms with E-state index in [1.807, 2.05) is 5.43 Å². The third-order valence-electron chi connectivity index (χ3n) is 4.54. The van der Waals surface area contributed by atoms with Gasteiger partial charge in [-0.15, -0.1) is 11.8 Å². The van der Waals surface area contributed by atoms with Gasteiger partial charge in [0.25, 0.3) is 11.8 Å². The smallest absolute Gasteiger partial charge is 0.543 e. The van der Waals surface area contributed by atoms with E-state index in [4.69, 9.17) is 15.0 Å². The van der Waals surface area contributed by atoms with E-state index < -0.39 is 46.3 Å². The number of hydrogen-bond acceptors (Lipinski definition) is 10. The number of amides is 3. The van der Waals surface area contributed by atoms with Crippen molar-refractivity contribution in [2.24, 2.45) is 5.84 Å². The van der Waals surface area contributed by atoms with E-state index in [1.54, 1.807) is 6.07 Å². The van der Waals surface area contributed by atoms with E-state index in [2.05, 4.69) is 5.32 Å². The average Bonchev–Trinajstić information content (AvgIpc) is 3.21. The van der Waals surface area contributed by atoms with E-state index >= 15 is 0 Å². The molecule has 0 bridgehead atoms. The molecule has 0 spiro atoms. The molecule has 1 aromatic heterocycles. The Labute approximate surface area is 202 Å². The minimum absolute atomic E-state index is 0. The summed E-state index contributed by atoms with van der Waals surface area (Å²) in [5.74, 6) is 0.505. The van der Waals surface area contributed by atoms with Gasteiger partial charge >= 0.3 is 35.5 Å². The van der Waals surface area contributed by atoms with Crippen LogP contribution in [0.15, 0.2) is 34.1 Å². The van der Waals surface area contributed by atoms with Crippen molar-refractivity contribution in [1.29, 1.82) is 0 Å². The van der Waals surface area contributed by atoms with E-state index in [9.17, 15) is 29.1 Å². The number of carboxylic acids is 1. The molecule has 1 aromatic rings. The molecular formula is C17H17N4NaO8S. The fourth-order valence-electron chi connectivity index (χ4n) is 3.24. The number of thioether (sulfide) groups is 1. The first-order valence-electron chi connectivity index (χ1n) is 8.58. The summed E-state index contributed by atoms with van der Waals surface area (Å²) in [7, 11) is 0. The number of rotatable bonds is 7. The van der Waals surface area contributed by atoms with Crippen LogP contribution in [0, 0.1) is 0 Å². The molecule has 0 aliphatic carbocycles. The molecule has 2 aliphatic rings. The van der Waals surface area contributed by atoms with Gasteiger partial charge < -0.3 is 24.4 Å². The Balaban J connectivity index is 0.00000341. The Morgan fingerprint density at radius 1 is 1.42 bits per heavy atom.